The number of Topliss-reactive ketones (excluding diaryl/α,β-unsaturated/α-hetero) is 2. The zero-order valence-corrected chi connectivity index (χ0v) is 21.8. The van der Waals surface area contributed by atoms with Crippen molar-refractivity contribution in [2.45, 2.75) is 44.1 Å². The van der Waals surface area contributed by atoms with Gasteiger partial charge in [-0.15, -0.1) is 0 Å². The Bertz CT molecular complexity index is 1200. The number of nitriles is 1. The SMILES string of the molecule is CCN(CC1CCCO1)S(=O)(=O)c1ccc(NN=C2C(=O)C(CCOCCO)C(=O)C(C#N)=C2C)cc1. The van der Waals surface area contributed by atoms with Crippen LogP contribution in [0.4, 0.5) is 5.69 Å². The van der Waals surface area contributed by atoms with Gasteiger partial charge in [-0.25, -0.2) is 8.42 Å². The average molecular weight is 533 g/mol. The van der Waals surface area contributed by atoms with Gasteiger partial charge >= 0.3 is 0 Å². The number of rotatable bonds is 12. The molecule has 2 unspecified atom stereocenters. The molecule has 2 aliphatic rings. The first-order valence-electron chi connectivity index (χ1n) is 12.2. The molecule has 0 amide bonds. The number of ketones is 2. The van der Waals surface area contributed by atoms with Gasteiger partial charge in [0.15, 0.2) is 11.6 Å². The van der Waals surface area contributed by atoms with Crippen LogP contribution in [0, 0.1) is 17.2 Å². The van der Waals surface area contributed by atoms with Crippen molar-refractivity contribution in [2.24, 2.45) is 11.0 Å². The van der Waals surface area contributed by atoms with E-state index >= 15 is 0 Å². The molecule has 2 atom stereocenters. The number of nitrogens with zero attached hydrogens (tertiary/aromatic N) is 3. The molecule has 1 aromatic rings. The number of benzene rings is 1. The summed E-state index contributed by atoms with van der Waals surface area (Å²) in [5.74, 6) is -2.21. The van der Waals surface area contributed by atoms with Gasteiger partial charge < -0.3 is 14.6 Å². The average Bonchev–Trinajstić information content (AvgIpc) is 3.40. The first-order chi connectivity index (χ1) is 17.7. The number of carbonyl (C=O) groups is 2. The maximum Gasteiger partial charge on any atom is 0.243 e. The molecule has 1 aromatic carbocycles. The van der Waals surface area contributed by atoms with E-state index in [4.69, 9.17) is 14.6 Å². The summed E-state index contributed by atoms with van der Waals surface area (Å²) in [6.07, 6.45) is 1.70. The summed E-state index contributed by atoms with van der Waals surface area (Å²) in [6, 6.07) is 7.82. The molecule has 0 aromatic heterocycles. The summed E-state index contributed by atoms with van der Waals surface area (Å²) in [4.78, 5) is 25.7. The molecule has 1 heterocycles. The standard InChI is InChI=1S/C25H32N4O7S/c1-3-29(16-19-5-4-12-36-19)37(33,34)20-8-6-18(7-9-20)27-28-23-17(2)22(15-26)24(31)21(25(23)32)10-13-35-14-11-30/h6-9,19,21,27,30H,3-5,10-14,16H2,1-2H3. The number of aliphatic hydroxyl groups excluding tert-OH is 1. The van der Waals surface area contributed by atoms with E-state index in [0.717, 1.165) is 12.8 Å². The van der Waals surface area contributed by atoms with Crippen LogP contribution in [0.5, 0.6) is 0 Å². The second-order valence-electron chi connectivity index (χ2n) is 8.70. The Kier molecular flexibility index (Phi) is 10.1. The maximum atomic E-state index is 13.1. The van der Waals surface area contributed by atoms with Gasteiger partial charge in [-0.2, -0.15) is 14.7 Å². The lowest BCUT2D eigenvalue weighted by atomic mass is 9.80. The van der Waals surface area contributed by atoms with Crippen LogP contribution in [-0.4, -0.2) is 80.7 Å². The van der Waals surface area contributed by atoms with Crippen molar-refractivity contribution in [1.29, 1.82) is 5.26 Å². The third kappa shape index (κ3) is 6.68. The highest BCUT2D eigenvalue weighted by Gasteiger charge is 2.39. The first-order valence-corrected chi connectivity index (χ1v) is 13.6. The molecule has 1 saturated heterocycles. The zero-order chi connectivity index (χ0) is 27.0. The Hall–Kier alpha value is -2.95. The highest BCUT2D eigenvalue weighted by atomic mass is 32.2. The molecular weight excluding hydrogens is 500 g/mol. The van der Waals surface area contributed by atoms with Crippen LogP contribution >= 0.6 is 0 Å². The van der Waals surface area contributed by atoms with Crippen LogP contribution in [0.2, 0.25) is 0 Å². The second-order valence-corrected chi connectivity index (χ2v) is 10.6. The number of likely N-dealkylation sites (N-methyl/N-ethyl adjacent to an activating group) is 1. The van der Waals surface area contributed by atoms with Crippen LogP contribution in [0.25, 0.3) is 0 Å². The van der Waals surface area contributed by atoms with Gasteiger partial charge in [0.1, 0.15) is 17.4 Å². The predicted octanol–water partition coefficient (Wildman–Crippen LogP) is 1.65. The van der Waals surface area contributed by atoms with Crippen LogP contribution < -0.4 is 5.43 Å². The fourth-order valence-electron chi connectivity index (χ4n) is 4.24. The van der Waals surface area contributed by atoms with E-state index in [2.05, 4.69) is 10.5 Å². The van der Waals surface area contributed by atoms with Gasteiger partial charge in [0.25, 0.3) is 0 Å². The molecule has 1 aliphatic carbocycles. The molecule has 1 fully saturated rings. The van der Waals surface area contributed by atoms with Gasteiger partial charge in [-0.1, -0.05) is 6.92 Å². The Morgan fingerprint density at radius 2 is 1.97 bits per heavy atom. The summed E-state index contributed by atoms with van der Waals surface area (Å²) >= 11 is 0. The Labute approximate surface area is 216 Å². The summed E-state index contributed by atoms with van der Waals surface area (Å²) in [5, 5.41) is 22.4. The van der Waals surface area contributed by atoms with Crippen molar-refractivity contribution in [1.82, 2.24) is 4.31 Å². The van der Waals surface area contributed by atoms with Crippen LogP contribution in [0.1, 0.15) is 33.1 Å². The fraction of sp³-hybridized carbons (Fsp3) is 0.520. The topological polar surface area (TPSA) is 158 Å². The number of allylic oxidation sites excluding steroid dienone is 2. The van der Waals surface area contributed by atoms with E-state index in [1.165, 1.54) is 35.5 Å². The number of sulfonamides is 1. The number of hydrazone groups is 1. The van der Waals surface area contributed by atoms with E-state index in [1.54, 1.807) is 6.92 Å². The summed E-state index contributed by atoms with van der Waals surface area (Å²) in [5.41, 5.74) is 3.14. The quantitative estimate of drug-likeness (QED) is 0.232. The van der Waals surface area contributed by atoms with Crippen molar-refractivity contribution in [3.8, 4) is 6.07 Å². The lowest BCUT2D eigenvalue weighted by Crippen LogP contribution is -2.38. The number of hydrogen-bond donors (Lipinski definition) is 2. The van der Waals surface area contributed by atoms with Gasteiger partial charge in [0.05, 0.1) is 35.8 Å². The van der Waals surface area contributed by atoms with Gasteiger partial charge in [-0.05, 0) is 50.5 Å². The van der Waals surface area contributed by atoms with Crippen LogP contribution in [0.15, 0.2) is 45.4 Å². The van der Waals surface area contributed by atoms with Crippen molar-refractivity contribution in [3.05, 3.63) is 35.4 Å². The predicted molar refractivity (Wildman–Crippen MR) is 135 cm³/mol. The molecule has 11 nitrogen and oxygen atoms in total. The Balaban J connectivity index is 1.76. The molecule has 2 N–H and O–H groups in total. The molecule has 1 aliphatic heterocycles. The number of aliphatic hydroxyl groups is 1. The lowest BCUT2D eigenvalue weighted by molar-refractivity contribution is -0.128. The monoisotopic (exact) mass is 532 g/mol. The number of nitrogens with one attached hydrogen (secondary N) is 1. The van der Waals surface area contributed by atoms with Crippen LogP contribution in [-0.2, 0) is 29.1 Å². The van der Waals surface area contributed by atoms with Crippen molar-refractivity contribution in [2.75, 3.05) is 44.9 Å². The normalized spacial score (nSPS) is 21.6. The van der Waals surface area contributed by atoms with E-state index < -0.39 is 27.5 Å². The van der Waals surface area contributed by atoms with Crippen molar-refractivity contribution >= 4 is 33.0 Å². The largest absolute Gasteiger partial charge is 0.394 e. The maximum absolute atomic E-state index is 13.1. The molecule has 0 spiro atoms. The molecular formula is C25H32N4O7S. The Morgan fingerprint density at radius 1 is 1.24 bits per heavy atom. The molecule has 37 heavy (non-hydrogen) atoms. The molecule has 3 rings (SSSR count). The van der Waals surface area contributed by atoms with Crippen LogP contribution in [0.3, 0.4) is 0 Å². The third-order valence-electron chi connectivity index (χ3n) is 6.31. The fourth-order valence-corrected chi connectivity index (χ4v) is 5.72. The third-order valence-corrected chi connectivity index (χ3v) is 8.27. The summed E-state index contributed by atoms with van der Waals surface area (Å²) in [6.45, 7) is 4.48. The van der Waals surface area contributed by atoms with E-state index in [0.29, 0.717) is 25.4 Å². The van der Waals surface area contributed by atoms with Gasteiger partial charge in [-0.3, -0.25) is 15.0 Å². The minimum absolute atomic E-state index is 0.0475. The number of hydrogen-bond acceptors (Lipinski definition) is 10. The van der Waals surface area contributed by atoms with E-state index in [1.807, 2.05) is 6.07 Å². The van der Waals surface area contributed by atoms with Gasteiger partial charge in [0.2, 0.25) is 10.0 Å². The highest BCUT2D eigenvalue weighted by molar-refractivity contribution is 7.89. The number of anilines is 1. The Morgan fingerprint density at radius 3 is 2.57 bits per heavy atom. The lowest BCUT2D eigenvalue weighted by Gasteiger charge is -2.23. The summed E-state index contributed by atoms with van der Waals surface area (Å²) < 4.78 is 38.4. The zero-order valence-electron chi connectivity index (χ0n) is 21.0. The number of carbonyl (C=O) groups excluding carboxylic acids is 2. The minimum atomic E-state index is -3.72. The molecule has 0 saturated carbocycles. The van der Waals surface area contributed by atoms with Crippen molar-refractivity contribution in [3.63, 3.8) is 0 Å². The second kappa shape index (κ2) is 13.0. The van der Waals surface area contributed by atoms with E-state index in [9.17, 15) is 23.3 Å². The van der Waals surface area contributed by atoms with Gasteiger partial charge in [0, 0.05) is 31.9 Å². The summed E-state index contributed by atoms with van der Waals surface area (Å²) in [7, 11) is -3.72. The minimum Gasteiger partial charge on any atom is -0.394 e. The highest BCUT2D eigenvalue weighted by Crippen LogP contribution is 2.25. The first kappa shape index (κ1) is 28.6. The number of ether oxygens (including phenoxy) is 2. The molecule has 200 valence electrons. The smallest absolute Gasteiger partial charge is 0.243 e. The van der Waals surface area contributed by atoms with E-state index in [-0.39, 0.29) is 54.1 Å². The molecule has 0 bridgehead atoms. The van der Waals surface area contributed by atoms with Crippen molar-refractivity contribution < 1.29 is 32.6 Å². The molecule has 12 heteroatoms. The molecule has 0 radical (unpaired) electrons.